The first-order chi connectivity index (χ1) is 10.1. The second-order valence-electron chi connectivity index (χ2n) is 5.61. The molecule has 118 valence electrons. The minimum atomic E-state index is 0.0319. The molecule has 0 aromatic heterocycles. The Bertz CT molecular complexity index is 417. The van der Waals surface area contributed by atoms with Gasteiger partial charge in [0.05, 0.1) is 0 Å². The van der Waals surface area contributed by atoms with Gasteiger partial charge in [-0.3, -0.25) is 4.79 Å². The van der Waals surface area contributed by atoms with Crippen LogP contribution in [0.3, 0.4) is 0 Å². The minimum absolute atomic E-state index is 0.0319. The maximum absolute atomic E-state index is 11.9. The molecule has 0 aliphatic heterocycles. The predicted molar refractivity (Wildman–Crippen MR) is 87.4 cm³/mol. The highest BCUT2D eigenvalue weighted by atomic mass is 16.5. The van der Waals surface area contributed by atoms with Crippen molar-refractivity contribution in [2.45, 2.75) is 39.7 Å². The Balaban J connectivity index is 2.48. The van der Waals surface area contributed by atoms with Crippen molar-refractivity contribution in [2.75, 3.05) is 25.6 Å². The molecule has 0 spiro atoms. The Morgan fingerprint density at radius 2 is 1.90 bits per heavy atom. The van der Waals surface area contributed by atoms with Gasteiger partial charge in [-0.1, -0.05) is 26.0 Å². The minimum Gasteiger partial charge on any atom is -0.384 e. The van der Waals surface area contributed by atoms with Gasteiger partial charge >= 0.3 is 0 Å². The van der Waals surface area contributed by atoms with Gasteiger partial charge in [0.2, 0.25) is 5.91 Å². The van der Waals surface area contributed by atoms with Crippen molar-refractivity contribution in [2.24, 2.45) is 5.92 Å². The largest absolute Gasteiger partial charge is 0.384 e. The molecule has 4 nitrogen and oxygen atoms in total. The number of ether oxygens (including phenoxy) is 1. The van der Waals surface area contributed by atoms with Crippen LogP contribution >= 0.6 is 0 Å². The Morgan fingerprint density at radius 3 is 2.48 bits per heavy atom. The quantitative estimate of drug-likeness (QED) is 0.734. The van der Waals surface area contributed by atoms with Crippen LogP contribution in [0, 0.1) is 5.92 Å². The van der Waals surface area contributed by atoms with Crippen molar-refractivity contribution in [1.29, 1.82) is 0 Å². The Labute approximate surface area is 128 Å². The molecule has 21 heavy (non-hydrogen) atoms. The standard InChI is InChI=1S/C17H28N2O2/c1-5-10-18-14(3)15-6-8-16(9-7-15)19-17(20)11-13(2)12-21-4/h6-9,13-14,18H,5,10-12H2,1-4H3,(H,19,20). The van der Waals surface area contributed by atoms with Crippen LogP contribution in [-0.4, -0.2) is 26.2 Å². The van der Waals surface area contributed by atoms with E-state index in [0.29, 0.717) is 19.1 Å². The molecule has 1 amide bonds. The zero-order valence-electron chi connectivity index (χ0n) is 13.6. The van der Waals surface area contributed by atoms with Crippen molar-refractivity contribution < 1.29 is 9.53 Å². The van der Waals surface area contributed by atoms with Gasteiger partial charge in [-0.25, -0.2) is 0 Å². The van der Waals surface area contributed by atoms with Crippen LogP contribution in [0.4, 0.5) is 5.69 Å². The van der Waals surface area contributed by atoms with Gasteiger partial charge in [0.15, 0.2) is 0 Å². The third-order valence-corrected chi connectivity index (χ3v) is 3.38. The van der Waals surface area contributed by atoms with Gasteiger partial charge in [-0.2, -0.15) is 0 Å². The monoisotopic (exact) mass is 292 g/mol. The second-order valence-corrected chi connectivity index (χ2v) is 5.61. The average molecular weight is 292 g/mol. The summed E-state index contributed by atoms with van der Waals surface area (Å²) in [5.74, 6) is 0.261. The van der Waals surface area contributed by atoms with E-state index in [-0.39, 0.29) is 11.8 Å². The third-order valence-electron chi connectivity index (χ3n) is 3.38. The van der Waals surface area contributed by atoms with Crippen LogP contribution < -0.4 is 10.6 Å². The van der Waals surface area contributed by atoms with E-state index in [1.54, 1.807) is 7.11 Å². The molecule has 2 atom stereocenters. The summed E-state index contributed by atoms with van der Waals surface area (Å²) in [6, 6.07) is 8.36. The molecule has 0 bridgehead atoms. The Hall–Kier alpha value is -1.39. The maximum atomic E-state index is 11.9. The number of amides is 1. The van der Waals surface area contributed by atoms with E-state index in [9.17, 15) is 4.79 Å². The van der Waals surface area contributed by atoms with Crippen LogP contribution in [-0.2, 0) is 9.53 Å². The highest BCUT2D eigenvalue weighted by Crippen LogP contribution is 2.16. The fourth-order valence-electron chi connectivity index (χ4n) is 2.21. The highest BCUT2D eigenvalue weighted by Gasteiger charge is 2.09. The number of carbonyl (C=O) groups excluding carboxylic acids is 1. The number of hydrogen-bond donors (Lipinski definition) is 2. The van der Waals surface area contributed by atoms with Crippen molar-refractivity contribution in [1.82, 2.24) is 5.32 Å². The topological polar surface area (TPSA) is 50.4 Å². The molecule has 2 N–H and O–H groups in total. The average Bonchev–Trinajstić information content (AvgIpc) is 2.45. The molecule has 2 unspecified atom stereocenters. The summed E-state index contributed by atoms with van der Waals surface area (Å²) in [6.45, 7) is 7.93. The molecular formula is C17H28N2O2. The number of methoxy groups -OCH3 is 1. The summed E-state index contributed by atoms with van der Waals surface area (Å²) in [7, 11) is 1.65. The van der Waals surface area contributed by atoms with Gasteiger partial charge < -0.3 is 15.4 Å². The first-order valence-corrected chi connectivity index (χ1v) is 7.69. The zero-order chi connectivity index (χ0) is 15.7. The van der Waals surface area contributed by atoms with E-state index >= 15 is 0 Å². The highest BCUT2D eigenvalue weighted by molar-refractivity contribution is 5.90. The number of anilines is 1. The summed E-state index contributed by atoms with van der Waals surface area (Å²) < 4.78 is 5.04. The predicted octanol–water partition coefficient (Wildman–Crippen LogP) is 3.36. The summed E-state index contributed by atoms with van der Waals surface area (Å²) in [5.41, 5.74) is 2.07. The lowest BCUT2D eigenvalue weighted by Gasteiger charge is -2.15. The number of hydrogen-bond acceptors (Lipinski definition) is 3. The molecule has 1 aromatic carbocycles. The lowest BCUT2D eigenvalue weighted by Crippen LogP contribution is -2.19. The molecule has 0 radical (unpaired) electrons. The molecule has 0 fully saturated rings. The maximum Gasteiger partial charge on any atom is 0.224 e. The van der Waals surface area contributed by atoms with Crippen LogP contribution in [0.2, 0.25) is 0 Å². The zero-order valence-corrected chi connectivity index (χ0v) is 13.6. The number of carbonyl (C=O) groups is 1. The van der Waals surface area contributed by atoms with Gasteiger partial charge in [0.1, 0.15) is 0 Å². The van der Waals surface area contributed by atoms with Crippen LogP contribution in [0.15, 0.2) is 24.3 Å². The Morgan fingerprint density at radius 1 is 1.24 bits per heavy atom. The Kier molecular flexibility index (Phi) is 8.01. The van der Waals surface area contributed by atoms with Crippen molar-refractivity contribution in [3.8, 4) is 0 Å². The summed E-state index contributed by atoms with van der Waals surface area (Å²) in [6.07, 6.45) is 1.60. The molecule has 1 rings (SSSR count). The SMILES string of the molecule is CCCNC(C)c1ccc(NC(=O)CC(C)COC)cc1. The molecule has 0 heterocycles. The van der Waals surface area contributed by atoms with Crippen molar-refractivity contribution in [3.63, 3.8) is 0 Å². The summed E-state index contributed by atoms with van der Waals surface area (Å²) in [5, 5.41) is 6.37. The van der Waals surface area contributed by atoms with E-state index < -0.39 is 0 Å². The summed E-state index contributed by atoms with van der Waals surface area (Å²) in [4.78, 5) is 11.9. The van der Waals surface area contributed by atoms with E-state index in [4.69, 9.17) is 4.74 Å². The van der Waals surface area contributed by atoms with E-state index in [1.807, 2.05) is 19.1 Å². The van der Waals surface area contributed by atoms with Crippen molar-refractivity contribution in [3.05, 3.63) is 29.8 Å². The fourth-order valence-corrected chi connectivity index (χ4v) is 2.21. The molecular weight excluding hydrogens is 264 g/mol. The van der Waals surface area contributed by atoms with E-state index in [0.717, 1.165) is 18.7 Å². The molecule has 0 saturated carbocycles. The first-order valence-electron chi connectivity index (χ1n) is 7.69. The van der Waals surface area contributed by atoms with E-state index in [2.05, 4.69) is 36.6 Å². The molecule has 0 aliphatic rings. The number of nitrogens with one attached hydrogen (secondary N) is 2. The lowest BCUT2D eigenvalue weighted by molar-refractivity contribution is -0.117. The number of rotatable bonds is 9. The molecule has 0 aliphatic carbocycles. The van der Waals surface area contributed by atoms with Gasteiger partial charge in [-0.15, -0.1) is 0 Å². The van der Waals surface area contributed by atoms with Gasteiger partial charge in [-0.05, 0) is 43.5 Å². The van der Waals surface area contributed by atoms with Crippen LogP contribution in [0.1, 0.15) is 45.2 Å². The lowest BCUT2D eigenvalue weighted by atomic mass is 10.1. The fraction of sp³-hybridized carbons (Fsp3) is 0.588. The molecule has 4 heteroatoms. The van der Waals surface area contributed by atoms with Gasteiger partial charge in [0, 0.05) is 31.9 Å². The third kappa shape index (κ3) is 6.74. The first kappa shape index (κ1) is 17.7. The van der Waals surface area contributed by atoms with Crippen molar-refractivity contribution >= 4 is 11.6 Å². The normalized spacial score (nSPS) is 13.7. The van der Waals surface area contributed by atoms with E-state index in [1.165, 1.54) is 5.56 Å². The van der Waals surface area contributed by atoms with Gasteiger partial charge in [0.25, 0.3) is 0 Å². The summed E-state index contributed by atoms with van der Waals surface area (Å²) >= 11 is 0. The van der Waals surface area contributed by atoms with Crippen LogP contribution in [0.25, 0.3) is 0 Å². The molecule has 0 saturated heterocycles. The smallest absolute Gasteiger partial charge is 0.224 e. The van der Waals surface area contributed by atoms with Crippen LogP contribution in [0.5, 0.6) is 0 Å². The molecule has 1 aromatic rings. The second kappa shape index (κ2) is 9.53. The number of benzene rings is 1.